The van der Waals surface area contributed by atoms with Gasteiger partial charge in [0.15, 0.2) is 23.3 Å². The van der Waals surface area contributed by atoms with E-state index in [0.29, 0.717) is 13.2 Å². The first kappa shape index (κ1) is 14.2. The summed E-state index contributed by atoms with van der Waals surface area (Å²) >= 11 is 0. The summed E-state index contributed by atoms with van der Waals surface area (Å²) < 4.78 is 57.5. The molecule has 17 heavy (non-hydrogen) atoms. The van der Waals surface area contributed by atoms with Crippen LogP contribution in [0.1, 0.15) is 11.6 Å². The van der Waals surface area contributed by atoms with Gasteiger partial charge < -0.3 is 10.1 Å². The fourth-order valence-corrected chi connectivity index (χ4v) is 1.65. The van der Waals surface area contributed by atoms with Gasteiger partial charge in [0, 0.05) is 18.2 Å². The molecule has 0 saturated carbocycles. The molecule has 2 nitrogen and oxygen atoms in total. The zero-order valence-corrected chi connectivity index (χ0v) is 9.42. The predicted molar refractivity (Wildman–Crippen MR) is 55.1 cm³/mol. The van der Waals surface area contributed by atoms with E-state index in [1.807, 2.05) is 0 Å². The average Bonchev–Trinajstić information content (AvgIpc) is 2.28. The van der Waals surface area contributed by atoms with E-state index in [-0.39, 0.29) is 25.1 Å². The Morgan fingerprint density at radius 1 is 1.12 bits per heavy atom. The number of rotatable bonds is 1. The first-order chi connectivity index (χ1) is 7.61. The number of morpholine rings is 1. The second-order valence-corrected chi connectivity index (χ2v) is 3.46. The van der Waals surface area contributed by atoms with E-state index < -0.39 is 34.9 Å². The third-order valence-corrected chi connectivity index (χ3v) is 2.42. The molecule has 96 valence electrons. The van der Waals surface area contributed by atoms with Gasteiger partial charge in [-0.2, -0.15) is 0 Å². The third-order valence-electron chi connectivity index (χ3n) is 2.42. The summed E-state index contributed by atoms with van der Waals surface area (Å²) in [6.07, 6.45) is 0. The molecule has 1 atom stereocenters. The molecular formula is C10H10ClF4NO. The molecule has 1 saturated heterocycles. The van der Waals surface area contributed by atoms with Gasteiger partial charge in [0.2, 0.25) is 0 Å². The topological polar surface area (TPSA) is 21.3 Å². The van der Waals surface area contributed by atoms with Gasteiger partial charge in [0.25, 0.3) is 0 Å². The van der Waals surface area contributed by atoms with Crippen molar-refractivity contribution in [2.45, 2.75) is 6.04 Å². The lowest BCUT2D eigenvalue weighted by Crippen LogP contribution is -2.36. The van der Waals surface area contributed by atoms with Crippen molar-refractivity contribution in [3.63, 3.8) is 0 Å². The second kappa shape index (κ2) is 5.66. The molecule has 0 bridgehead atoms. The molecule has 0 spiro atoms. The highest BCUT2D eigenvalue weighted by atomic mass is 35.5. The molecule has 0 unspecified atom stereocenters. The summed E-state index contributed by atoms with van der Waals surface area (Å²) in [6, 6.07) is -0.670. The number of halogens is 5. The van der Waals surface area contributed by atoms with E-state index in [1.54, 1.807) is 0 Å². The van der Waals surface area contributed by atoms with Gasteiger partial charge in [-0.1, -0.05) is 0 Å². The van der Waals surface area contributed by atoms with Gasteiger partial charge in [0.05, 0.1) is 19.3 Å². The highest BCUT2D eigenvalue weighted by Gasteiger charge is 2.27. The van der Waals surface area contributed by atoms with Crippen LogP contribution in [-0.2, 0) is 4.74 Å². The van der Waals surface area contributed by atoms with Crippen LogP contribution in [0.4, 0.5) is 17.6 Å². The van der Waals surface area contributed by atoms with Crippen LogP contribution in [0.15, 0.2) is 6.07 Å². The Kier molecular flexibility index (Phi) is 4.73. The number of hydrogen-bond acceptors (Lipinski definition) is 2. The fraction of sp³-hybridized carbons (Fsp3) is 0.400. The fourth-order valence-electron chi connectivity index (χ4n) is 1.65. The van der Waals surface area contributed by atoms with Crippen molar-refractivity contribution in [1.82, 2.24) is 5.32 Å². The van der Waals surface area contributed by atoms with Crippen LogP contribution in [0, 0.1) is 23.3 Å². The molecule has 1 aliphatic rings. The molecule has 1 aliphatic heterocycles. The van der Waals surface area contributed by atoms with Crippen molar-refractivity contribution in [2.24, 2.45) is 0 Å². The van der Waals surface area contributed by atoms with Gasteiger partial charge in [-0.05, 0) is 0 Å². The van der Waals surface area contributed by atoms with Crippen LogP contribution in [-0.4, -0.2) is 19.8 Å². The van der Waals surface area contributed by atoms with Crippen molar-refractivity contribution in [3.05, 3.63) is 34.9 Å². The van der Waals surface area contributed by atoms with Gasteiger partial charge in [-0.3, -0.25) is 0 Å². The Morgan fingerprint density at radius 3 is 2.18 bits per heavy atom. The first-order valence-corrected chi connectivity index (χ1v) is 4.75. The van der Waals surface area contributed by atoms with Gasteiger partial charge in [-0.15, -0.1) is 12.4 Å². The van der Waals surface area contributed by atoms with Crippen molar-refractivity contribution in [3.8, 4) is 0 Å². The standard InChI is InChI=1S/C10H9F4NO.ClH/c11-5-3-6(12)10(14)8(9(5)13)7-4-16-2-1-15-7;/h3,7,15H,1-2,4H2;1H/t7-;/m0./s1. The lowest BCUT2D eigenvalue weighted by atomic mass is 10.0. The monoisotopic (exact) mass is 271 g/mol. The van der Waals surface area contributed by atoms with E-state index in [4.69, 9.17) is 4.74 Å². The molecular weight excluding hydrogens is 262 g/mol. The number of benzene rings is 1. The second-order valence-electron chi connectivity index (χ2n) is 3.46. The summed E-state index contributed by atoms with van der Waals surface area (Å²) in [5, 5.41) is 2.73. The Bertz CT molecular complexity index is 384. The smallest absolute Gasteiger partial charge is 0.166 e. The largest absolute Gasteiger partial charge is 0.378 e. The Hall–Kier alpha value is -0.850. The lowest BCUT2D eigenvalue weighted by Gasteiger charge is -2.24. The quantitative estimate of drug-likeness (QED) is 0.625. The van der Waals surface area contributed by atoms with E-state index in [1.165, 1.54) is 0 Å². The first-order valence-electron chi connectivity index (χ1n) is 4.75. The zero-order chi connectivity index (χ0) is 11.7. The summed E-state index contributed by atoms with van der Waals surface area (Å²) in [7, 11) is 0. The summed E-state index contributed by atoms with van der Waals surface area (Å²) in [5.41, 5.74) is -0.641. The Balaban J connectivity index is 0.00000144. The Morgan fingerprint density at radius 2 is 1.71 bits per heavy atom. The molecule has 1 heterocycles. The maximum absolute atomic E-state index is 13.3. The minimum absolute atomic E-state index is 0. The molecule has 1 fully saturated rings. The minimum atomic E-state index is -1.40. The molecule has 0 amide bonds. The number of ether oxygens (including phenoxy) is 1. The van der Waals surface area contributed by atoms with Crippen molar-refractivity contribution in [1.29, 1.82) is 0 Å². The third kappa shape index (κ3) is 2.70. The van der Waals surface area contributed by atoms with E-state index >= 15 is 0 Å². The van der Waals surface area contributed by atoms with Crippen LogP contribution >= 0.6 is 12.4 Å². The lowest BCUT2D eigenvalue weighted by molar-refractivity contribution is 0.0740. The van der Waals surface area contributed by atoms with Crippen LogP contribution in [0.3, 0.4) is 0 Å². The van der Waals surface area contributed by atoms with Crippen LogP contribution in [0.2, 0.25) is 0 Å². The van der Waals surface area contributed by atoms with E-state index in [2.05, 4.69) is 5.32 Å². The maximum Gasteiger partial charge on any atom is 0.166 e. The highest BCUT2D eigenvalue weighted by molar-refractivity contribution is 5.85. The molecule has 1 aromatic rings. The van der Waals surface area contributed by atoms with Crippen LogP contribution in [0.25, 0.3) is 0 Å². The molecule has 1 aromatic carbocycles. The van der Waals surface area contributed by atoms with Gasteiger partial charge in [0.1, 0.15) is 0 Å². The van der Waals surface area contributed by atoms with Gasteiger partial charge in [-0.25, -0.2) is 17.6 Å². The number of nitrogens with one attached hydrogen (secondary N) is 1. The van der Waals surface area contributed by atoms with Crippen LogP contribution < -0.4 is 5.32 Å². The van der Waals surface area contributed by atoms with Crippen molar-refractivity contribution in [2.75, 3.05) is 19.8 Å². The van der Waals surface area contributed by atoms with Crippen molar-refractivity contribution >= 4 is 12.4 Å². The van der Waals surface area contributed by atoms with E-state index in [9.17, 15) is 17.6 Å². The van der Waals surface area contributed by atoms with E-state index in [0.717, 1.165) is 0 Å². The normalized spacial score (nSPS) is 19.9. The summed E-state index contributed by atoms with van der Waals surface area (Å²) in [6.45, 7) is 0.760. The molecule has 1 N–H and O–H groups in total. The SMILES string of the molecule is Cl.Fc1cc(F)c(F)c([C@@H]2COCCN2)c1F. The van der Waals surface area contributed by atoms with Crippen molar-refractivity contribution < 1.29 is 22.3 Å². The highest BCUT2D eigenvalue weighted by Crippen LogP contribution is 2.26. The minimum Gasteiger partial charge on any atom is -0.378 e. The van der Waals surface area contributed by atoms with Gasteiger partial charge >= 0.3 is 0 Å². The predicted octanol–water partition coefficient (Wildman–Crippen LogP) is 2.33. The Labute approximate surface area is 101 Å². The average molecular weight is 272 g/mol. The maximum atomic E-state index is 13.3. The number of hydrogen-bond donors (Lipinski definition) is 1. The zero-order valence-electron chi connectivity index (χ0n) is 8.60. The molecule has 0 aliphatic carbocycles. The molecule has 0 aromatic heterocycles. The summed E-state index contributed by atoms with van der Waals surface area (Å²) in [4.78, 5) is 0. The molecule has 0 radical (unpaired) electrons. The molecule has 7 heteroatoms. The molecule has 2 rings (SSSR count). The summed E-state index contributed by atoms with van der Waals surface area (Å²) in [5.74, 6) is -5.55. The van der Waals surface area contributed by atoms with Crippen LogP contribution in [0.5, 0.6) is 0 Å².